The first-order valence-corrected chi connectivity index (χ1v) is 11.1. The fourth-order valence-corrected chi connectivity index (χ4v) is 4.62. The molecule has 3 aromatic heterocycles. The summed E-state index contributed by atoms with van der Waals surface area (Å²) in [4.78, 5) is 30.4. The summed E-state index contributed by atoms with van der Waals surface area (Å²) in [5, 5.41) is 17.6. The van der Waals surface area contributed by atoms with Crippen LogP contribution >= 0.6 is 11.3 Å². The van der Waals surface area contributed by atoms with Crippen LogP contribution in [0.5, 0.6) is 5.88 Å². The third kappa shape index (κ3) is 3.91. The summed E-state index contributed by atoms with van der Waals surface area (Å²) in [7, 11) is 0. The molecule has 4 aromatic rings. The fourth-order valence-electron chi connectivity index (χ4n) is 4.08. The molecular weight excluding hydrogens is 449 g/mol. The maximum Gasteiger partial charge on any atom is 0.341 e. The second-order valence-electron chi connectivity index (χ2n) is 7.56. The summed E-state index contributed by atoms with van der Waals surface area (Å²) in [6, 6.07) is 7.97. The van der Waals surface area contributed by atoms with E-state index in [-0.39, 0.29) is 11.4 Å². The Bertz CT molecular complexity index is 1380. The molecule has 1 atom stereocenters. The lowest BCUT2D eigenvalue weighted by Gasteiger charge is -2.27. The summed E-state index contributed by atoms with van der Waals surface area (Å²) in [6.45, 7) is 0.949. The van der Waals surface area contributed by atoms with Gasteiger partial charge in [0.1, 0.15) is 23.5 Å². The molecule has 1 aliphatic rings. The van der Waals surface area contributed by atoms with E-state index in [1.54, 1.807) is 24.4 Å². The smallest absolute Gasteiger partial charge is 0.341 e. The zero-order chi connectivity index (χ0) is 22.9. The first-order valence-electron chi connectivity index (χ1n) is 10.2. The summed E-state index contributed by atoms with van der Waals surface area (Å²) in [5.74, 6) is -1.50. The van der Waals surface area contributed by atoms with Crippen LogP contribution in [0.3, 0.4) is 0 Å². The molecule has 1 fully saturated rings. The quantitative estimate of drug-likeness (QED) is 0.461. The number of carbonyl (C=O) groups is 1. The van der Waals surface area contributed by atoms with Crippen molar-refractivity contribution in [1.82, 2.24) is 19.7 Å². The average Bonchev–Trinajstić information content (AvgIpc) is 3.51. The maximum atomic E-state index is 15.3. The molecule has 0 bridgehead atoms. The van der Waals surface area contributed by atoms with E-state index in [1.165, 1.54) is 27.6 Å². The van der Waals surface area contributed by atoms with E-state index in [0.29, 0.717) is 35.4 Å². The van der Waals surface area contributed by atoms with Crippen molar-refractivity contribution in [2.24, 2.45) is 0 Å². The molecule has 11 heteroatoms. The van der Waals surface area contributed by atoms with Gasteiger partial charge >= 0.3 is 5.97 Å². The molecule has 0 unspecified atom stereocenters. The van der Waals surface area contributed by atoms with Gasteiger partial charge in [0.25, 0.3) is 0 Å². The number of halogens is 1. The Kier molecular flexibility index (Phi) is 5.47. The van der Waals surface area contributed by atoms with Crippen molar-refractivity contribution >= 4 is 33.9 Å². The van der Waals surface area contributed by atoms with Crippen LogP contribution in [0.25, 0.3) is 16.0 Å². The van der Waals surface area contributed by atoms with Crippen LogP contribution < -0.4 is 15.1 Å². The Balaban J connectivity index is 1.58. The molecule has 0 amide bonds. The van der Waals surface area contributed by atoms with Crippen molar-refractivity contribution in [3.05, 3.63) is 69.8 Å². The van der Waals surface area contributed by atoms with Crippen LogP contribution in [-0.4, -0.2) is 50.0 Å². The Hall–Kier alpha value is -3.86. The predicted molar refractivity (Wildman–Crippen MR) is 120 cm³/mol. The number of ether oxygens (including phenoxy) is 1. The zero-order valence-electron chi connectivity index (χ0n) is 17.2. The third-order valence-electron chi connectivity index (χ3n) is 5.61. The van der Waals surface area contributed by atoms with Crippen LogP contribution in [0.4, 0.5) is 10.1 Å². The number of pyridine rings is 2. The largest absolute Gasteiger partial charge is 0.477 e. The lowest BCUT2D eigenvalue weighted by molar-refractivity contribution is 0.0695. The summed E-state index contributed by atoms with van der Waals surface area (Å²) < 4.78 is 22.5. The SMILES string of the molecule is O=C(O)c1cn(-c2nncs2)c2cc(N3CCC[C@@H]3COc3ccccn3)c(F)cc2c1=O. The topological polar surface area (TPSA) is 110 Å². The van der Waals surface area contributed by atoms with E-state index in [4.69, 9.17) is 4.74 Å². The number of nitrogens with zero attached hydrogens (tertiary/aromatic N) is 5. The standard InChI is InChI=1S/C22H18FN5O4S/c23-16-8-14-17(28(22-26-25-12-33-22)10-15(20(14)29)21(30)31)9-18(16)27-7-3-4-13(27)11-32-19-5-1-2-6-24-19/h1-2,5-6,8-10,12-13H,3-4,7,11H2,(H,30,31)/t13-/m1/s1. The van der Waals surface area contributed by atoms with Gasteiger partial charge in [0.05, 0.1) is 22.6 Å². The number of hydrogen-bond acceptors (Lipinski definition) is 8. The van der Waals surface area contributed by atoms with Crippen LogP contribution in [0.15, 0.2) is 53.0 Å². The van der Waals surface area contributed by atoms with Crippen molar-refractivity contribution < 1.29 is 19.0 Å². The van der Waals surface area contributed by atoms with Gasteiger partial charge in [-0.3, -0.25) is 9.36 Å². The molecule has 1 saturated heterocycles. The molecule has 4 heterocycles. The minimum Gasteiger partial charge on any atom is -0.477 e. The number of hydrogen-bond donors (Lipinski definition) is 1. The highest BCUT2D eigenvalue weighted by Gasteiger charge is 2.29. The fraction of sp³-hybridized carbons (Fsp3) is 0.227. The second kappa shape index (κ2) is 8.58. The van der Waals surface area contributed by atoms with Crippen molar-refractivity contribution in [2.45, 2.75) is 18.9 Å². The van der Waals surface area contributed by atoms with Gasteiger partial charge in [-0.15, -0.1) is 10.2 Å². The number of anilines is 1. The van der Waals surface area contributed by atoms with Crippen molar-refractivity contribution in [3.63, 3.8) is 0 Å². The molecule has 1 N–H and O–H groups in total. The van der Waals surface area contributed by atoms with Gasteiger partial charge in [-0.2, -0.15) is 0 Å². The monoisotopic (exact) mass is 467 g/mol. The van der Waals surface area contributed by atoms with Gasteiger partial charge in [0.15, 0.2) is 0 Å². The molecule has 0 saturated carbocycles. The van der Waals surface area contributed by atoms with Gasteiger partial charge in [0.2, 0.25) is 16.4 Å². The molecule has 33 heavy (non-hydrogen) atoms. The number of carboxylic acid groups (broad SMARTS) is 1. The number of fused-ring (bicyclic) bond motifs is 1. The molecule has 0 radical (unpaired) electrons. The van der Waals surface area contributed by atoms with Crippen LogP contribution in [0, 0.1) is 5.82 Å². The van der Waals surface area contributed by atoms with E-state index in [2.05, 4.69) is 15.2 Å². The van der Waals surface area contributed by atoms with E-state index >= 15 is 4.39 Å². The van der Waals surface area contributed by atoms with E-state index in [9.17, 15) is 14.7 Å². The summed E-state index contributed by atoms with van der Waals surface area (Å²) >= 11 is 1.18. The van der Waals surface area contributed by atoms with Gasteiger partial charge in [-0.25, -0.2) is 14.2 Å². The Morgan fingerprint density at radius 1 is 1.33 bits per heavy atom. The average molecular weight is 467 g/mol. The van der Waals surface area contributed by atoms with Gasteiger partial charge in [-0.1, -0.05) is 17.4 Å². The lowest BCUT2D eigenvalue weighted by Crippen LogP contribution is -2.35. The Labute approximate surface area is 190 Å². The Morgan fingerprint density at radius 2 is 2.21 bits per heavy atom. The molecule has 1 aromatic carbocycles. The number of aromatic carboxylic acids is 1. The highest BCUT2D eigenvalue weighted by atomic mass is 32.1. The molecule has 9 nitrogen and oxygen atoms in total. The number of aromatic nitrogens is 4. The second-order valence-corrected chi connectivity index (χ2v) is 8.37. The van der Waals surface area contributed by atoms with E-state index in [0.717, 1.165) is 18.9 Å². The van der Waals surface area contributed by atoms with Crippen LogP contribution in [0.1, 0.15) is 23.2 Å². The van der Waals surface area contributed by atoms with Crippen molar-refractivity contribution in [2.75, 3.05) is 18.1 Å². The number of benzene rings is 1. The van der Waals surface area contributed by atoms with Crippen LogP contribution in [-0.2, 0) is 0 Å². The maximum absolute atomic E-state index is 15.3. The number of rotatable bonds is 6. The van der Waals surface area contributed by atoms with Crippen molar-refractivity contribution in [3.8, 4) is 11.0 Å². The molecule has 0 spiro atoms. The zero-order valence-corrected chi connectivity index (χ0v) is 18.0. The third-order valence-corrected chi connectivity index (χ3v) is 6.29. The minimum atomic E-state index is -1.39. The molecule has 1 aliphatic heterocycles. The first kappa shape index (κ1) is 21.0. The Morgan fingerprint density at radius 3 is 2.94 bits per heavy atom. The van der Waals surface area contributed by atoms with Gasteiger partial charge in [-0.05, 0) is 31.0 Å². The molecule has 168 valence electrons. The van der Waals surface area contributed by atoms with Crippen LogP contribution in [0.2, 0.25) is 0 Å². The lowest BCUT2D eigenvalue weighted by atomic mass is 10.1. The summed E-state index contributed by atoms with van der Waals surface area (Å²) in [6.07, 6.45) is 4.52. The molecule has 5 rings (SSSR count). The van der Waals surface area contributed by atoms with Crippen molar-refractivity contribution in [1.29, 1.82) is 0 Å². The highest BCUT2D eigenvalue weighted by Crippen LogP contribution is 2.32. The van der Waals surface area contributed by atoms with E-state index in [1.807, 2.05) is 11.0 Å². The van der Waals surface area contributed by atoms with Gasteiger partial charge < -0.3 is 14.7 Å². The first-order chi connectivity index (χ1) is 16.0. The number of carboxylic acids is 1. The van der Waals surface area contributed by atoms with E-state index < -0.39 is 22.8 Å². The van der Waals surface area contributed by atoms with Gasteiger partial charge in [0, 0.05) is 25.0 Å². The molecular formula is C22H18FN5O4S. The normalized spacial score (nSPS) is 15.8. The highest BCUT2D eigenvalue weighted by molar-refractivity contribution is 7.11. The summed E-state index contributed by atoms with van der Waals surface area (Å²) in [5.41, 5.74) is 0.952. The minimum absolute atomic E-state index is 0.0353. The predicted octanol–water partition coefficient (Wildman–Crippen LogP) is 3.12. The molecule has 0 aliphatic carbocycles.